The zero-order chi connectivity index (χ0) is 12.2. The Morgan fingerprint density at radius 2 is 1.88 bits per heavy atom. The average Bonchev–Trinajstić information content (AvgIpc) is 2.26. The minimum atomic E-state index is -0.347. The van der Waals surface area contributed by atoms with Crippen LogP contribution in [-0.2, 0) is 4.79 Å². The van der Waals surface area contributed by atoms with Crippen LogP contribution in [0.5, 0.6) is 0 Å². The van der Waals surface area contributed by atoms with Gasteiger partial charge in [0.25, 0.3) is 6.41 Å². The first kappa shape index (κ1) is 12.7. The number of quaternary nitrogens is 1. The summed E-state index contributed by atoms with van der Waals surface area (Å²) in [6.07, 6.45) is 0.300. The summed E-state index contributed by atoms with van der Waals surface area (Å²) in [5.41, 5.74) is 0.512. The molecule has 0 aliphatic heterocycles. The topological polar surface area (TPSA) is 58.9 Å². The zero-order valence-electron chi connectivity index (χ0n) is 8.92. The second-order valence-electron chi connectivity index (χ2n) is 3.52. The summed E-state index contributed by atoms with van der Waals surface area (Å²) >= 11 is 3.28. The summed E-state index contributed by atoms with van der Waals surface area (Å²) in [6, 6.07) is 6.90. The van der Waals surface area contributed by atoms with Gasteiger partial charge < -0.3 is 0 Å². The first-order chi connectivity index (χ1) is 7.47. The molecule has 0 fully saturated rings. The smallest absolute Gasteiger partial charge is 0.274 e. The van der Waals surface area contributed by atoms with Gasteiger partial charge in [-0.05, 0) is 24.3 Å². The Bertz CT molecular complexity index is 426. The summed E-state index contributed by atoms with van der Waals surface area (Å²) in [5, 5.41) is 6.80. The second-order valence-corrected chi connectivity index (χ2v) is 4.43. The molecule has 0 radical (unpaired) electrons. The van der Waals surface area contributed by atoms with Gasteiger partial charge in [-0.15, -0.1) is 4.59 Å². The van der Waals surface area contributed by atoms with Crippen LogP contribution in [0, 0.1) is 0 Å². The van der Waals surface area contributed by atoms with Crippen LogP contribution in [-0.4, -0.2) is 31.0 Å². The van der Waals surface area contributed by atoms with Gasteiger partial charge in [0.05, 0.1) is 5.56 Å². The quantitative estimate of drug-likeness (QED) is 0.370. The van der Waals surface area contributed by atoms with Crippen molar-refractivity contribution < 1.29 is 14.2 Å². The van der Waals surface area contributed by atoms with E-state index >= 15 is 0 Å². The molecule has 0 unspecified atom stereocenters. The predicted molar refractivity (Wildman–Crippen MR) is 61.5 cm³/mol. The van der Waals surface area contributed by atoms with Crippen LogP contribution in [0.2, 0.25) is 0 Å². The van der Waals surface area contributed by atoms with Crippen LogP contribution in [0.1, 0.15) is 10.4 Å². The van der Waals surface area contributed by atoms with Crippen LogP contribution in [0.4, 0.5) is 0 Å². The molecule has 0 saturated heterocycles. The molecule has 6 heteroatoms. The van der Waals surface area contributed by atoms with E-state index in [0.717, 1.165) is 4.47 Å². The number of hydrogen-bond acceptors (Lipinski definition) is 3. The standard InChI is InChI=1S/C10H11BrN3O2/c1-14(2,13-12-7-15)10(16)8-3-5-9(11)6-4-8/h3-7H,1-2H3/q+1. The first-order valence-electron chi connectivity index (χ1n) is 4.48. The van der Waals surface area contributed by atoms with Gasteiger partial charge in [0, 0.05) is 9.70 Å². The average molecular weight is 285 g/mol. The van der Waals surface area contributed by atoms with Gasteiger partial charge in [-0.2, -0.15) is 0 Å². The van der Waals surface area contributed by atoms with E-state index in [0.29, 0.717) is 12.0 Å². The lowest BCUT2D eigenvalue weighted by Crippen LogP contribution is -2.39. The molecular weight excluding hydrogens is 274 g/mol. The highest BCUT2D eigenvalue weighted by molar-refractivity contribution is 9.10. The predicted octanol–water partition coefficient (Wildman–Crippen LogP) is 2.19. The van der Waals surface area contributed by atoms with Crippen molar-refractivity contribution in [3.05, 3.63) is 34.3 Å². The number of amides is 2. The number of carbonyl (C=O) groups is 2. The monoisotopic (exact) mass is 284 g/mol. The molecule has 0 N–H and O–H groups in total. The molecule has 0 atom stereocenters. The number of carbonyl (C=O) groups excluding carboxylic acids is 2. The van der Waals surface area contributed by atoms with Crippen LogP contribution in [0.25, 0.3) is 0 Å². The van der Waals surface area contributed by atoms with Crippen molar-refractivity contribution in [1.29, 1.82) is 0 Å². The molecule has 1 aromatic carbocycles. The van der Waals surface area contributed by atoms with Crippen molar-refractivity contribution in [1.82, 2.24) is 0 Å². The third kappa shape index (κ3) is 3.04. The highest BCUT2D eigenvalue weighted by Crippen LogP contribution is 2.14. The number of rotatable bonds is 3. The molecule has 1 rings (SSSR count). The molecule has 0 aliphatic rings. The normalized spacial score (nSPS) is 11.7. The van der Waals surface area contributed by atoms with Crippen LogP contribution >= 0.6 is 15.9 Å². The fourth-order valence-corrected chi connectivity index (χ4v) is 1.36. The fraction of sp³-hybridized carbons (Fsp3) is 0.200. The van der Waals surface area contributed by atoms with Gasteiger partial charge >= 0.3 is 5.91 Å². The van der Waals surface area contributed by atoms with E-state index in [4.69, 9.17) is 0 Å². The summed E-state index contributed by atoms with van der Waals surface area (Å²) < 4.78 is 0.546. The van der Waals surface area contributed by atoms with Crippen molar-refractivity contribution in [2.45, 2.75) is 0 Å². The van der Waals surface area contributed by atoms with E-state index in [-0.39, 0.29) is 10.5 Å². The van der Waals surface area contributed by atoms with Gasteiger partial charge in [0.15, 0.2) is 0 Å². The minimum Gasteiger partial charge on any atom is -0.274 e. The summed E-state index contributed by atoms with van der Waals surface area (Å²) in [6.45, 7) is 0. The number of hydrogen-bond donors (Lipinski definition) is 0. The van der Waals surface area contributed by atoms with E-state index in [1.807, 2.05) is 0 Å². The highest BCUT2D eigenvalue weighted by Gasteiger charge is 2.28. The maximum atomic E-state index is 12.0. The summed E-state index contributed by atoms with van der Waals surface area (Å²) in [4.78, 5) is 22.0. The lowest BCUT2D eigenvalue weighted by molar-refractivity contribution is -0.819. The van der Waals surface area contributed by atoms with Gasteiger partial charge in [-0.25, -0.2) is 4.79 Å². The largest absolute Gasteiger partial charge is 0.372 e. The molecule has 0 bridgehead atoms. The Balaban J connectivity index is 2.97. The van der Waals surface area contributed by atoms with Crippen molar-refractivity contribution in [3.63, 3.8) is 0 Å². The first-order valence-corrected chi connectivity index (χ1v) is 5.27. The Labute approximate surface area is 101 Å². The van der Waals surface area contributed by atoms with Crippen molar-refractivity contribution in [2.75, 3.05) is 14.1 Å². The Morgan fingerprint density at radius 3 is 2.38 bits per heavy atom. The molecule has 0 aromatic heterocycles. The molecular formula is C10H11BrN3O2+. The zero-order valence-corrected chi connectivity index (χ0v) is 10.5. The van der Waals surface area contributed by atoms with Crippen molar-refractivity contribution in [3.8, 4) is 0 Å². The molecule has 0 spiro atoms. The minimum absolute atomic E-state index is 0.238. The van der Waals surface area contributed by atoms with Gasteiger partial charge in [0.2, 0.25) is 0 Å². The molecule has 84 valence electrons. The third-order valence-electron chi connectivity index (χ3n) is 1.91. The van der Waals surface area contributed by atoms with Gasteiger partial charge in [0.1, 0.15) is 14.1 Å². The molecule has 5 nitrogen and oxygen atoms in total. The van der Waals surface area contributed by atoms with Crippen molar-refractivity contribution in [2.24, 2.45) is 10.3 Å². The summed E-state index contributed by atoms with van der Waals surface area (Å²) in [7, 11) is 3.11. The molecule has 16 heavy (non-hydrogen) atoms. The van der Waals surface area contributed by atoms with E-state index < -0.39 is 0 Å². The van der Waals surface area contributed by atoms with E-state index in [2.05, 4.69) is 26.3 Å². The van der Waals surface area contributed by atoms with Crippen molar-refractivity contribution >= 4 is 28.2 Å². The number of benzene rings is 1. The van der Waals surface area contributed by atoms with Gasteiger partial charge in [-0.1, -0.05) is 21.0 Å². The molecule has 0 saturated carbocycles. The van der Waals surface area contributed by atoms with E-state index in [1.54, 1.807) is 38.4 Å². The fourth-order valence-electron chi connectivity index (χ4n) is 1.10. The number of nitrogens with zero attached hydrogens (tertiary/aromatic N) is 3. The maximum absolute atomic E-state index is 12.0. The van der Waals surface area contributed by atoms with Crippen LogP contribution in [0.15, 0.2) is 39.1 Å². The Hall–Kier alpha value is -1.40. The highest BCUT2D eigenvalue weighted by atomic mass is 79.9. The molecule has 0 heterocycles. The van der Waals surface area contributed by atoms with Gasteiger partial charge in [-0.3, -0.25) is 4.79 Å². The third-order valence-corrected chi connectivity index (χ3v) is 2.44. The SMILES string of the molecule is C[N+](C)(N=NC=O)C(=O)c1ccc(Br)cc1. The van der Waals surface area contributed by atoms with Crippen LogP contribution in [0.3, 0.4) is 0 Å². The lowest BCUT2D eigenvalue weighted by atomic mass is 10.2. The summed E-state index contributed by atoms with van der Waals surface area (Å²) in [5.74, 6) is -0.238. The number of halogens is 1. The Morgan fingerprint density at radius 1 is 1.31 bits per heavy atom. The molecule has 1 aromatic rings. The van der Waals surface area contributed by atoms with E-state index in [9.17, 15) is 9.59 Å². The Kier molecular flexibility index (Phi) is 4.03. The molecule has 2 amide bonds. The van der Waals surface area contributed by atoms with Crippen LogP contribution < -0.4 is 0 Å². The molecule has 0 aliphatic carbocycles. The van der Waals surface area contributed by atoms with E-state index in [1.165, 1.54) is 0 Å². The maximum Gasteiger partial charge on any atom is 0.372 e. The lowest BCUT2D eigenvalue weighted by Gasteiger charge is -2.16. The second kappa shape index (κ2) is 5.09.